The molecule has 0 radical (unpaired) electrons. The highest BCUT2D eigenvalue weighted by Gasteiger charge is 2.26. The first kappa shape index (κ1) is 17.7. The molecule has 2 N–H and O–H groups in total. The van der Waals surface area contributed by atoms with Gasteiger partial charge in [-0.15, -0.1) is 0 Å². The summed E-state index contributed by atoms with van der Waals surface area (Å²) in [4.78, 5) is 29.9. The smallest absolute Gasteiger partial charge is 0.259 e. The Morgan fingerprint density at radius 3 is 2.72 bits per heavy atom. The van der Waals surface area contributed by atoms with Crippen molar-refractivity contribution < 1.29 is 4.79 Å². The molecule has 136 valence electrons. The van der Waals surface area contributed by atoms with E-state index in [9.17, 15) is 9.59 Å². The zero-order valence-electron chi connectivity index (χ0n) is 15.3. The molecule has 0 spiro atoms. The van der Waals surface area contributed by atoms with Crippen molar-refractivity contribution in [3.8, 4) is 0 Å². The van der Waals surface area contributed by atoms with Crippen LogP contribution in [0.2, 0.25) is 0 Å². The topological polar surface area (TPSA) is 82.5 Å². The molecule has 1 aliphatic heterocycles. The summed E-state index contributed by atoms with van der Waals surface area (Å²) in [5.41, 5.74) is 2.44. The summed E-state index contributed by atoms with van der Waals surface area (Å²) >= 11 is 0. The van der Waals surface area contributed by atoms with E-state index in [2.05, 4.69) is 22.3 Å². The van der Waals surface area contributed by atoms with E-state index >= 15 is 0 Å². The van der Waals surface area contributed by atoms with E-state index in [0.29, 0.717) is 30.0 Å². The molecule has 0 aromatic carbocycles. The number of aryl methyl sites for hydroxylation is 1. The Kier molecular flexibility index (Phi) is 5.22. The number of hydrogen-bond acceptors (Lipinski definition) is 4. The molecule has 7 heteroatoms. The summed E-state index contributed by atoms with van der Waals surface area (Å²) < 4.78 is 1.78. The van der Waals surface area contributed by atoms with Crippen molar-refractivity contribution in [2.24, 2.45) is 0 Å². The minimum absolute atomic E-state index is 0.0602. The fraction of sp³-hybridized carbons (Fsp3) is 0.611. The number of carbonyl (C=O) groups excluding carboxylic acids is 1. The van der Waals surface area contributed by atoms with E-state index in [-0.39, 0.29) is 17.4 Å². The van der Waals surface area contributed by atoms with E-state index < -0.39 is 0 Å². The fourth-order valence-corrected chi connectivity index (χ4v) is 3.67. The molecule has 3 rings (SSSR count). The van der Waals surface area contributed by atoms with Gasteiger partial charge in [-0.25, -0.2) is 4.52 Å². The molecule has 25 heavy (non-hydrogen) atoms. The lowest BCUT2D eigenvalue weighted by molar-refractivity contribution is 0.0765. The molecule has 1 fully saturated rings. The van der Waals surface area contributed by atoms with Crippen LogP contribution in [-0.2, 0) is 0 Å². The molecule has 0 bridgehead atoms. The van der Waals surface area contributed by atoms with Gasteiger partial charge >= 0.3 is 0 Å². The van der Waals surface area contributed by atoms with Gasteiger partial charge in [0, 0.05) is 25.1 Å². The number of amides is 1. The molecule has 7 nitrogen and oxygen atoms in total. The van der Waals surface area contributed by atoms with Crippen LogP contribution < -0.4 is 10.9 Å². The van der Waals surface area contributed by atoms with Crippen molar-refractivity contribution in [2.45, 2.75) is 46.0 Å². The van der Waals surface area contributed by atoms with Crippen LogP contribution in [0.4, 0.5) is 0 Å². The average Bonchev–Trinajstić information content (AvgIpc) is 2.94. The molecule has 0 unspecified atom stereocenters. The number of nitrogens with one attached hydrogen (secondary N) is 2. The van der Waals surface area contributed by atoms with Gasteiger partial charge in [-0.3, -0.25) is 9.59 Å². The Bertz CT molecular complexity index is 817. The van der Waals surface area contributed by atoms with Gasteiger partial charge in [0.15, 0.2) is 0 Å². The summed E-state index contributed by atoms with van der Waals surface area (Å²) in [6, 6.07) is 1.63. The van der Waals surface area contributed by atoms with Crippen LogP contribution in [-0.4, -0.2) is 51.6 Å². The van der Waals surface area contributed by atoms with Gasteiger partial charge in [0.1, 0.15) is 11.2 Å². The standard InChI is InChI=1S/C18H27N5O2/c1-4-10-22(5-2)18(25)16-12(3)21-23-14(11-15(24)20-17(16)23)13-6-8-19-9-7-13/h11,13,19H,4-10H2,1-3H3,(H,20,24). The van der Waals surface area contributed by atoms with E-state index in [1.165, 1.54) is 0 Å². The molecule has 0 aliphatic carbocycles. The minimum atomic E-state index is -0.173. The monoisotopic (exact) mass is 345 g/mol. The van der Waals surface area contributed by atoms with E-state index in [0.717, 1.165) is 38.0 Å². The summed E-state index contributed by atoms with van der Waals surface area (Å²) in [6.07, 6.45) is 2.84. The molecule has 3 heterocycles. The number of piperidine rings is 1. The Hall–Kier alpha value is -2.15. The van der Waals surface area contributed by atoms with Gasteiger partial charge in [-0.05, 0) is 46.2 Å². The fourth-order valence-electron chi connectivity index (χ4n) is 3.67. The van der Waals surface area contributed by atoms with Gasteiger partial charge in [0.2, 0.25) is 0 Å². The maximum Gasteiger partial charge on any atom is 0.259 e. The molecule has 0 atom stereocenters. The lowest BCUT2D eigenvalue weighted by atomic mass is 9.94. The first-order chi connectivity index (χ1) is 12.1. The van der Waals surface area contributed by atoms with Gasteiger partial charge in [-0.1, -0.05) is 6.92 Å². The van der Waals surface area contributed by atoms with E-state index in [1.807, 2.05) is 13.8 Å². The van der Waals surface area contributed by atoms with Crippen LogP contribution in [0.1, 0.15) is 60.8 Å². The van der Waals surface area contributed by atoms with E-state index in [1.54, 1.807) is 15.5 Å². The minimum Gasteiger partial charge on any atom is -0.339 e. The van der Waals surface area contributed by atoms with Gasteiger partial charge < -0.3 is 15.2 Å². The van der Waals surface area contributed by atoms with Crippen LogP contribution in [0.5, 0.6) is 0 Å². The van der Waals surface area contributed by atoms with Crippen molar-refractivity contribution >= 4 is 11.6 Å². The third-order valence-electron chi connectivity index (χ3n) is 4.96. The highest BCUT2D eigenvalue weighted by molar-refractivity contribution is 6.01. The first-order valence-electron chi connectivity index (χ1n) is 9.19. The predicted octanol–water partition coefficient (Wildman–Crippen LogP) is 1.67. The second-order valence-corrected chi connectivity index (χ2v) is 6.69. The van der Waals surface area contributed by atoms with Crippen molar-refractivity contribution in [3.05, 3.63) is 33.4 Å². The van der Waals surface area contributed by atoms with Crippen LogP contribution in [0.15, 0.2) is 10.9 Å². The SMILES string of the molecule is CCCN(CC)C(=O)c1c(C)nn2c(C3CCNCC3)cc(=O)[nH]c12. The van der Waals surface area contributed by atoms with Crippen molar-refractivity contribution in [2.75, 3.05) is 26.2 Å². The number of aromatic nitrogens is 3. The quantitative estimate of drug-likeness (QED) is 0.863. The number of H-pyrrole nitrogens is 1. The van der Waals surface area contributed by atoms with Gasteiger partial charge in [0.25, 0.3) is 11.5 Å². The molecule has 1 saturated heterocycles. The number of aromatic amines is 1. The molecular formula is C18H27N5O2. The normalized spacial score (nSPS) is 15.6. The van der Waals surface area contributed by atoms with Crippen molar-refractivity contribution in [1.82, 2.24) is 24.8 Å². The van der Waals surface area contributed by atoms with Crippen molar-refractivity contribution in [3.63, 3.8) is 0 Å². The van der Waals surface area contributed by atoms with Gasteiger partial charge in [0.05, 0.1) is 11.4 Å². The van der Waals surface area contributed by atoms with Crippen LogP contribution in [0.3, 0.4) is 0 Å². The highest BCUT2D eigenvalue weighted by atomic mass is 16.2. The molecular weight excluding hydrogens is 318 g/mol. The highest BCUT2D eigenvalue weighted by Crippen LogP contribution is 2.26. The van der Waals surface area contributed by atoms with Gasteiger partial charge in [-0.2, -0.15) is 5.10 Å². The summed E-state index contributed by atoms with van der Waals surface area (Å²) in [5, 5.41) is 7.95. The second-order valence-electron chi connectivity index (χ2n) is 6.69. The summed E-state index contributed by atoms with van der Waals surface area (Å²) in [5.74, 6) is 0.223. The second kappa shape index (κ2) is 7.39. The van der Waals surface area contributed by atoms with Crippen molar-refractivity contribution in [1.29, 1.82) is 0 Å². The Labute approximate surface area is 147 Å². The lowest BCUT2D eigenvalue weighted by Crippen LogP contribution is -2.32. The Morgan fingerprint density at radius 1 is 1.36 bits per heavy atom. The predicted molar refractivity (Wildman–Crippen MR) is 97.3 cm³/mol. The largest absolute Gasteiger partial charge is 0.339 e. The number of fused-ring (bicyclic) bond motifs is 1. The first-order valence-corrected chi connectivity index (χ1v) is 9.19. The summed E-state index contributed by atoms with van der Waals surface area (Å²) in [6.45, 7) is 9.07. The van der Waals surface area contributed by atoms with E-state index in [4.69, 9.17) is 0 Å². The zero-order valence-corrected chi connectivity index (χ0v) is 15.3. The number of hydrogen-bond donors (Lipinski definition) is 2. The summed E-state index contributed by atoms with van der Waals surface area (Å²) in [7, 11) is 0. The average molecular weight is 345 g/mol. The third kappa shape index (κ3) is 3.33. The zero-order chi connectivity index (χ0) is 18.0. The molecule has 2 aromatic heterocycles. The number of nitrogens with zero attached hydrogens (tertiary/aromatic N) is 3. The third-order valence-corrected chi connectivity index (χ3v) is 4.96. The molecule has 2 aromatic rings. The lowest BCUT2D eigenvalue weighted by Gasteiger charge is -2.23. The molecule has 1 amide bonds. The maximum absolute atomic E-state index is 13.0. The number of rotatable bonds is 5. The Balaban J connectivity index is 2.12. The molecule has 1 aliphatic rings. The van der Waals surface area contributed by atoms with Crippen LogP contribution in [0, 0.1) is 6.92 Å². The Morgan fingerprint density at radius 2 is 2.08 bits per heavy atom. The molecule has 0 saturated carbocycles. The van der Waals surface area contributed by atoms with Crippen LogP contribution in [0.25, 0.3) is 5.65 Å². The van der Waals surface area contributed by atoms with Crippen LogP contribution >= 0.6 is 0 Å². The number of carbonyl (C=O) groups is 1. The maximum atomic E-state index is 13.0.